The standard InChI is InChI=1S/C18H14ClF2N5O/c1-26-9-11(8-23-26)15-4-10-7-22-17(6-16(10)24-15)25-14-3-2-12(5-13(14)19)27-18(20)21/h2-9,18,24H,1H3,(H,22,25). The van der Waals surface area contributed by atoms with Crippen LogP contribution in [0.15, 0.2) is 48.9 Å². The van der Waals surface area contributed by atoms with Crippen LogP contribution in [-0.4, -0.2) is 26.4 Å². The Hall–Kier alpha value is -3.13. The lowest BCUT2D eigenvalue weighted by Gasteiger charge is -2.10. The molecule has 4 rings (SSSR count). The van der Waals surface area contributed by atoms with Crippen LogP contribution in [0.3, 0.4) is 0 Å². The Morgan fingerprint density at radius 2 is 2.07 bits per heavy atom. The summed E-state index contributed by atoms with van der Waals surface area (Å²) in [6.07, 6.45) is 5.43. The Kier molecular flexibility index (Phi) is 4.41. The first-order valence-corrected chi connectivity index (χ1v) is 8.35. The first-order chi connectivity index (χ1) is 13.0. The molecule has 3 heterocycles. The Morgan fingerprint density at radius 1 is 1.22 bits per heavy atom. The molecule has 0 aliphatic rings. The lowest BCUT2D eigenvalue weighted by molar-refractivity contribution is -0.0498. The van der Waals surface area contributed by atoms with Crippen LogP contribution in [0.4, 0.5) is 20.3 Å². The molecule has 0 aliphatic heterocycles. The number of rotatable bonds is 5. The highest BCUT2D eigenvalue weighted by atomic mass is 35.5. The van der Waals surface area contributed by atoms with Crippen molar-refractivity contribution in [3.8, 4) is 17.0 Å². The summed E-state index contributed by atoms with van der Waals surface area (Å²) in [6, 6.07) is 8.13. The summed E-state index contributed by atoms with van der Waals surface area (Å²) >= 11 is 6.14. The third-order valence-electron chi connectivity index (χ3n) is 3.95. The van der Waals surface area contributed by atoms with Gasteiger partial charge in [-0.15, -0.1) is 0 Å². The fourth-order valence-corrected chi connectivity index (χ4v) is 2.94. The van der Waals surface area contributed by atoms with E-state index in [9.17, 15) is 8.78 Å². The molecule has 27 heavy (non-hydrogen) atoms. The minimum atomic E-state index is -2.90. The number of aromatic nitrogens is 4. The van der Waals surface area contributed by atoms with Gasteiger partial charge in [-0.1, -0.05) is 11.6 Å². The minimum Gasteiger partial charge on any atom is -0.435 e. The number of benzene rings is 1. The van der Waals surface area contributed by atoms with Gasteiger partial charge in [0.1, 0.15) is 11.6 Å². The number of anilines is 2. The maximum Gasteiger partial charge on any atom is 0.387 e. The summed E-state index contributed by atoms with van der Waals surface area (Å²) in [5.41, 5.74) is 3.33. The second-order valence-corrected chi connectivity index (χ2v) is 6.29. The molecule has 9 heteroatoms. The Balaban J connectivity index is 1.59. The SMILES string of the molecule is Cn1cc(-c2cc3cnc(Nc4ccc(OC(F)F)cc4Cl)cc3[nH]2)cn1. The molecule has 6 nitrogen and oxygen atoms in total. The number of H-pyrrole nitrogens is 1. The highest BCUT2D eigenvalue weighted by Crippen LogP contribution is 2.31. The van der Waals surface area contributed by atoms with Crippen LogP contribution in [0.25, 0.3) is 22.2 Å². The predicted molar refractivity (Wildman–Crippen MR) is 99.7 cm³/mol. The van der Waals surface area contributed by atoms with Crippen molar-refractivity contribution in [3.05, 3.63) is 53.9 Å². The number of alkyl halides is 2. The normalized spacial score (nSPS) is 11.3. The predicted octanol–water partition coefficient (Wildman–Crippen LogP) is 4.96. The topological polar surface area (TPSA) is 67.8 Å². The molecule has 138 valence electrons. The first kappa shape index (κ1) is 17.3. The Bertz CT molecular complexity index is 1110. The van der Waals surface area contributed by atoms with E-state index < -0.39 is 6.61 Å². The third kappa shape index (κ3) is 3.70. The number of nitrogens with one attached hydrogen (secondary N) is 2. The quantitative estimate of drug-likeness (QED) is 0.506. The third-order valence-corrected chi connectivity index (χ3v) is 4.26. The molecule has 0 aliphatic carbocycles. The average molecular weight is 390 g/mol. The summed E-state index contributed by atoms with van der Waals surface area (Å²) in [6.45, 7) is -2.90. The highest BCUT2D eigenvalue weighted by Gasteiger charge is 2.10. The smallest absolute Gasteiger partial charge is 0.387 e. The van der Waals surface area contributed by atoms with Gasteiger partial charge in [-0.05, 0) is 18.2 Å². The summed E-state index contributed by atoms with van der Waals surface area (Å²) in [4.78, 5) is 7.69. The van der Waals surface area contributed by atoms with E-state index in [0.29, 0.717) is 11.5 Å². The molecule has 0 saturated heterocycles. The Labute approximate surface area is 157 Å². The monoisotopic (exact) mass is 389 g/mol. The van der Waals surface area contributed by atoms with Crippen LogP contribution >= 0.6 is 11.6 Å². The van der Waals surface area contributed by atoms with Crippen molar-refractivity contribution in [1.29, 1.82) is 0 Å². The lowest BCUT2D eigenvalue weighted by Crippen LogP contribution is -2.02. The molecular formula is C18H14ClF2N5O. The van der Waals surface area contributed by atoms with Crippen LogP contribution in [0.2, 0.25) is 5.02 Å². The zero-order valence-electron chi connectivity index (χ0n) is 14.1. The van der Waals surface area contributed by atoms with E-state index >= 15 is 0 Å². The molecule has 0 bridgehead atoms. The first-order valence-electron chi connectivity index (χ1n) is 7.97. The number of aromatic amines is 1. The largest absolute Gasteiger partial charge is 0.435 e. The molecule has 4 aromatic rings. The van der Waals surface area contributed by atoms with Gasteiger partial charge in [0.15, 0.2) is 0 Å². The van der Waals surface area contributed by atoms with Crippen LogP contribution in [0, 0.1) is 0 Å². The molecule has 0 radical (unpaired) electrons. The minimum absolute atomic E-state index is 0.00515. The zero-order valence-corrected chi connectivity index (χ0v) is 14.8. The summed E-state index contributed by atoms with van der Waals surface area (Å²) in [5, 5.41) is 8.44. The highest BCUT2D eigenvalue weighted by molar-refractivity contribution is 6.33. The summed E-state index contributed by atoms with van der Waals surface area (Å²) in [7, 11) is 1.86. The molecule has 3 aromatic heterocycles. The van der Waals surface area contributed by atoms with Gasteiger partial charge in [0.25, 0.3) is 0 Å². The molecule has 0 amide bonds. The second-order valence-electron chi connectivity index (χ2n) is 5.89. The zero-order chi connectivity index (χ0) is 19.0. The van der Waals surface area contributed by atoms with Gasteiger partial charge in [0.05, 0.1) is 22.4 Å². The fraction of sp³-hybridized carbons (Fsp3) is 0.111. The van der Waals surface area contributed by atoms with Crippen molar-refractivity contribution >= 4 is 34.0 Å². The van der Waals surface area contributed by atoms with Gasteiger partial charge in [0.2, 0.25) is 0 Å². The molecule has 2 N–H and O–H groups in total. The second kappa shape index (κ2) is 6.88. The maximum absolute atomic E-state index is 12.3. The number of pyridine rings is 1. The van der Waals surface area contributed by atoms with E-state index in [4.69, 9.17) is 11.6 Å². The number of fused-ring (bicyclic) bond motifs is 1. The van der Waals surface area contributed by atoms with Crippen molar-refractivity contribution in [2.45, 2.75) is 6.61 Å². The van der Waals surface area contributed by atoms with E-state index in [1.165, 1.54) is 12.1 Å². The number of hydrogen-bond donors (Lipinski definition) is 2. The average Bonchev–Trinajstić information content (AvgIpc) is 3.22. The number of hydrogen-bond acceptors (Lipinski definition) is 4. The number of halogens is 3. The van der Waals surface area contributed by atoms with Crippen LogP contribution in [0.5, 0.6) is 5.75 Å². The van der Waals surface area contributed by atoms with Gasteiger partial charge in [-0.25, -0.2) is 4.98 Å². The van der Waals surface area contributed by atoms with E-state index in [2.05, 4.69) is 25.1 Å². The van der Waals surface area contributed by atoms with Crippen LogP contribution in [-0.2, 0) is 7.05 Å². The van der Waals surface area contributed by atoms with Crippen molar-refractivity contribution in [3.63, 3.8) is 0 Å². The maximum atomic E-state index is 12.3. The molecule has 0 atom stereocenters. The number of ether oxygens (including phenoxy) is 1. The lowest BCUT2D eigenvalue weighted by atomic mass is 10.2. The van der Waals surface area contributed by atoms with Gasteiger partial charge in [0, 0.05) is 48.2 Å². The molecule has 1 aromatic carbocycles. The fourth-order valence-electron chi connectivity index (χ4n) is 2.72. The van der Waals surface area contributed by atoms with Gasteiger partial charge in [-0.3, -0.25) is 4.68 Å². The van der Waals surface area contributed by atoms with Crippen molar-refractivity contribution in [2.24, 2.45) is 7.05 Å². The Morgan fingerprint density at radius 3 is 2.78 bits per heavy atom. The number of nitrogens with zero attached hydrogens (tertiary/aromatic N) is 3. The van der Waals surface area contributed by atoms with Crippen molar-refractivity contribution in [2.75, 3.05) is 5.32 Å². The van der Waals surface area contributed by atoms with Gasteiger partial charge in [-0.2, -0.15) is 13.9 Å². The van der Waals surface area contributed by atoms with E-state index in [1.54, 1.807) is 23.1 Å². The van der Waals surface area contributed by atoms with Gasteiger partial charge >= 0.3 is 6.61 Å². The molecular weight excluding hydrogens is 376 g/mol. The van der Waals surface area contributed by atoms with Crippen molar-refractivity contribution < 1.29 is 13.5 Å². The van der Waals surface area contributed by atoms with Crippen LogP contribution in [0.1, 0.15) is 0 Å². The van der Waals surface area contributed by atoms with Crippen LogP contribution < -0.4 is 10.1 Å². The van der Waals surface area contributed by atoms with E-state index in [1.807, 2.05) is 25.4 Å². The van der Waals surface area contributed by atoms with Crippen molar-refractivity contribution in [1.82, 2.24) is 19.7 Å². The molecule has 0 saturated carbocycles. The molecule has 0 spiro atoms. The van der Waals surface area contributed by atoms with E-state index in [0.717, 1.165) is 22.2 Å². The molecule has 0 fully saturated rings. The molecule has 0 unspecified atom stereocenters. The van der Waals surface area contributed by atoms with Gasteiger partial charge < -0.3 is 15.0 Å². The number of aryl methyl sites for hydroxylation is 1. The van der Waals surface area contributed by atoms with E-state index in [-0.39, 0.29) is 10.8 Å². The summed E-state index contributed by atoms with van der Waals surface area (Å²) in [5.74, 6) is 0.556. The summed E-state index contributed by atoms with van der Waals surface area (Å²) < 4.78 is 30.6.